The molecule has 0 amide bonds. The van der Waals surface area contributed by atoms with Crippen molar-refractivity contribution in [3.8, 4) is 0 Å². The molecule has 23 heavy (non-hydrogen) atoms. The van der Waals surface area contributed by atoms with Gasteiger partial charge in [-0.3, -0.25) is 9.59 Å². The minimum absolute atomic E-state index is 0.248. The molecule has 0 radical (unpaired) electrons. The van der Waals surface area contributed by atoms with E-state index in [1.807, 2.05) is 13.0 Å². The van der Waals surface area contributed by atoms with E-state index in [9.17, 15) is 9.59 Å². The summed E-state index contributed by atoms with van der Waals surface area (Å²) < 4.78 is 0. The maximum atomic E-state index is 12.1. The predicted molar refractivity (Wildman–Crippen MR) is 90.8 cm³/mol. The highest BCUT2D eigenvalue weighted by Crippen LogP contribution is 2.64. The number of fused-ring (bicyclic) bond motifs is 5. The Kier molecular flexibility index (Phi) is 3.59. The predicted octanol–water partition coefficient (Wildman–Crippen LogP) is 4.58. The maximum absolute atomic E-state index is 12.1. The molecule has 1 unspecified atom stereocenters. The first-order valence-corrected chi connectivity index (χ1v) is 9.66. The summed E-state index contributed by atoms with van der Waals surface area (Å²) in [5, 5.41) is 0. The molecule has 0 N–H and O–H groups in total. The molecule has 2 heteroatoms. The van der Waals surface area contributed by atoms with Crippen LogP contribution < -0.4 is 0 Å². The van der Waals surface area contributed by atoms with E-state index in [-0.39, 0.29) is 5.41 Å². The fraction of sp³-hybridized carbons (Fsp3) is 0.810. The van der Waals surface area contributed by atoms with Crippen molar-refractivity contribution in [3.63, 3.8) is 0 Å². The molecule has 4 rings (SSSR count). The number of carbonyl (C=O) groups excluding carboxylic acids is 2. The van der Waals surface area contributed by atoms with Crippen molar-refractivity contribution >= 4 is 11.6 Å². The second-order valence-corrected chi connectivity index (χ2v) is 9.11. The maximum Gasteiger partial charge on any atom is 0.155 e. The first kappa shape index (κ1) is 15.6. The van der Waals surface area contributed by atoms with Gasteiger partial charge in [0.25, 0.3) is 0 Å². The first-order chi connectivity index (χ1) is 10.9. The zero-order valence-electron chi connectivity index (χ0n) is 14.8. The van der Waals surface area contributed by atoms with Gasteiger partial charge in [0, 0.05) is 12.3 Å². The van der Waals surface area contributed by atoms with Crippen LogP contribution in [0.4, 0.5) is 0 Å². The fourth-order valence-electron chi connectivity index (χ4n) is 7.17. The zero-order valence-corrected chi connectivity index (χ0v) is 14.8. The van der Waals surface area contributed by atoms with Crippen molar-refractivity contribution < 1.29 is 9.59 Å². The van der Waals surface area contributed by atoms with Gasteiger partial charge in [0.05, 0.1) is 0 Å². The second-order valence-electron chi connectivity index (χ2n) is 9.11. The molecule has 2 nitrogen and oxygen atoms in total. The average Bonchev–Trinajstić information content (AvgIpc) is 2.85. The topological polar surface area (TPSA) is 34.1 Å². The van der Waals surface area contributed by atoms with Gasteiger partial charge in [0.2, 0.25) is 0 Å². The third-order valence-electron chi connectivity index (χ3n) is 8.15. The van der Waals surface area contributed by atoms with Gasteiger partial charge in [-0.1, -0.05) is 19.4 Å². The molecule has 0 aromatic heterocycles. The van der Waals surface area contributed by atoms with Gasteiger partial charge in [0.1, 0.15) is 5.78 Å². The fourth-order valence-corrected chi connectivity index (χ4v) is 7.17. The van der Waals surface area contributed by atoms with Gasteiger partial charge in [-0.05, 0) is 86.5 Å². The number of hydrogen-bond acceptors (Lipinski definition) is 2. The molecule has 0 spiro atoms. The Bertz CT molecular complexity index is 574. The van der Waals surface area contributed by atoms with Crippen molar-refractivity contribution in [2.75, 3.05) is 0 Å². The lowest BCUT2D eigenvalue weighted by Gasteiger charge is -2.55. The van der Waals surface area contributed by atoms with E-state index in [1.165, 1.54) is 31.3 Å². The average molecular weight is 314 g/mol. The molecule has 0 bridgehead atoms. The first-order valence-electron chi connectivity index (χ1n) is 9.66. The third-order valence-corrected chi connectivity index (χ3v) is 8.15. The van der Waals surface area contributed by atoms with Crippen LogP contribution in [0.15, 0.2) is 11.6 Å². The van der Waals surface area contributed by atoms with E-state index in [0.29, 0.717) is 29.3 Å². The number of hydrogen-bond donors (Lipinski definition) is 0. The Hall–Kier alpha value is -0.920. The Morgan fingerprint density at radius 2 is 1.96 bits per heavy atom. The summed E-state index contributed by atoms with van der Waals surface area (Å²) in [5.41, 5.74) is 1.71. The molecule has 3 fully saturated rings. The quantitative estimate of drug-likeness (QED) is 0.710. The van der Waals surface area contributed by atoms with Crippen molar-refractivity contribution in [2.45, 2.75) is 65.7 Å². The van der Waals surface area contributed by atoms with Crippen LogP contribution in [-0.2, 0) is 9.59 Å². The van der Waals surface area contributed by atoms with E-state index < -0.39 is 0 Å². The SMILES string of the molecule is CC(=O)[C@H]1CC[C@H]2[C@@H]3CC(C)C4=CC(=O)CC[C@@H]4[C@H]3CC[C@]12C. The van der Waals surface area contributed by atoms with Crippen LogP contribution in [0.5, 0.6) is 0 Å². The highest BCUT2D eigenvalue weighted by atomic mass is 16.1. The number of Topliss-reactive ketones (excluding diaryl/α,β-unsaturated/α-hetero) is 1. The molecule has 0 aromatic rings. The summed E-state index contributed by atoms with van der Waals surface area (Å²) in [4.78, 5) is 24.0. The Morgan fingerprint density at radius 3 is 2.70 bits per heavy atom. The van der Waals surface area contributed by atoms with Crippen LogP contribution in [0.3, 0.4) is 0 Å². The summed E-state index contributed by atoms with van der Waals surface area (Å²) in [5.74, 6) is 4.57. The van der Waals surface area contributed by atoms with Crippen molar-refractivity contribution in [2.24, 2.45) is 40.9 Å². The monoisotopic (exact) mass is 314 g/mol. The van der Waals surface area contributed by atoms with Crippen LogP contribution in [-0.4, -0.2) is 11.6 Å². The smallest absolute Gasteiger partial charge is 0.155 e. The number of carbonyl (C=O) groups is 2. The van der Waals surface area contributed by atoms with Crippen molar-refractivity contribution in [3.05, 3.63) is 11.6 Å². The number of allylic oxidation sites excluding steroid dienone is 1. The van der Waals surface area contributed by atoms with Gasteiger partial charge in [-0.15, -0.1) is 0 Å². The molecule has 7 atom stereocenters. The standard InChI is InChI=1S/C21H30O2/c1-12-10-18-16(15-5-4-14(23)11-17(12)15)8-9-21(3)19(13(2)22)6-7-20(18)21/h11-12,15-16,18-20H,4-10H2,1-3H3/t12?,15-,16-,18-,19-,20+,21-/m1/s1. The largest absolute Gasteiger partial charge is 0.300 e. The van der Waals surface area contributed by atoms with E-state index >= 15 is 0 Å². The zero-order chi connectivity index (χ0) is 16.4. The molecule has 3 saturated carbocycles. The van der Waals surface area contributed by atoms with Crippen LogP contribution in [0.1, 0.15) is 65.7 Å². The summed E-state index contributed by atoms with van der Waals surface area (Å²) >= 11 is 0. The van der Waals surface area contributed by atoms with Gasteiger partial charge < -0.3 is 0 Å². The van der Waals surface area contributed by atoms with Gasteiger partial charge in [-0.25, -0.2) is 0 Å². The lowest BCUT2D eigenvalue weighted by molar-refractivity contribution is -0.127. The van der Waals surface area contributed by atoms with Crippen molar-refractivity contribution in [1.29, 1.82) is 0 Å². The molecule has 4 aliphatic rings. The minimum atomic E-state index is 0.248. The summed E-state index contributed by atoms with van der Waals surface area (Å²) in [6, 6.07) is 0. The molecular weight excluding hydrogens is 284 g/mol. The Morgan fingerprint density at radius 1 is 1.17 bits per heavy atom. The molecule has 0 aliphatic heterocycles. The molecule has 0 heterocycles. The van der Waals surface area contributed by atoms with Crippen LogP contribution >= 0.6 is 0 Å². The van der Waals surface area contributed by atoms with E-state index in [2.05, 4.69) is 13.8 Å². The van der Waals surface area contributed by atoms with E-state index in [4.69, 9.17) is 0 Å². The van der Waals surface area contributed by atoms with Crippen LogP contribution in [0.2, 0.25) is 0 Å². The van der Waals surface area contributed by atoms with E-state index in [0.717, 1.165) is 37.0 Å². The molecule has 0 saturated heterocycles. The lowest BCUT2D eigenvalue weighted by atomic mass is 9.49. The van der Waals surface area contributed by atoms with Gasteiger partial charge in [0.15, 0.2) is 5.78 Å². The van der Waals surface area contributed by atoms with Crippen LogP contribution in [0.25, 0.3) is 0 Å². The van der Waals surface area contributed by atoms with E-state index in [1.54, 1.807) is 0 Å². The molecular formula is C21H30O2. The highest BCUT2D eigenvalue weighted by Gasteiger charge is 2.57. The Balaban J connectivity index is 1.66. The summed E-state index contributed by atoms with van der Waals surface area (Å²) in [6.45, 7) is 6.55. The normalized spacial score (nSPS) is 49.0. The van der Waals surface area contributed by atoms with Gasteiger partial charge in [-0.2, -0.15) is 0 Å². The molecule has 4 aliphatic carbocycles. The summed E-state index contributed by atoms with van der Waals surface area (Å²) in [6.07, 6.45) is 9.91. The number of ketones is 2. The third kappa shape index (κ3) is 2.20. The lowest BCUT2D eigenvalue weighted by Crippen LogP contribution is -2.48. The minimum Gasteiger partial charge on any atom is -0.300 e. The van der Waals surface area contributed by atoms with Crippen LogP contribution in [0, 0.1) is 40.9 Å². The summed E-state index contributed by atoms with van der Waals surface area (Å²) in [7, 11) is 0. The highest BCUT2D eigenvalue weighted by molar-refractivity contribution is 5.91. The van der Waals surface area contributed by atoms with Crippen molar-refractivity contribution in [1.82, 2.24) is 0 Å². The second kappa shape index (κ2) is 5.29. The molecule has 126 valence electrons. The van der Waals surface area contributed by atoms with Gasteiger partial charge >= 0.3 is 0 Å². The number of rotatable bonds is 1. The Labute approximate surface area is 140 Å². The molecule has 0 aromatic carbocycles.